The van der Waals surface area contributed by atoms with Gasteiger partial charge in [0.05, 0.1) is 12.9 Å². The summed E-state index contributed by atoms with van der Waals surface area (Å²) in [6.45, 7) is 0. The van der Waals surface area contributed by atoms with Crippen LogP contribution in [0.1, 0.15) is 10.8 Å². The van der Waals surface area contributed by atoms with E-state index in [1.807, 2.05) is 0 Å². The molecule has 0 spiro atoms. The fourth-order valence-electron chi connectivity index (χ4n) is 1.96. The van der Waals surface area contributed by atoms with Gasteiger partial charge >= 0.3 is 0 Å². The zero-order valence-electron chi connectivity index (χ0n) is 8.68. The molecule has 1 aliphatic rings. The number of rotatable bonds is 2. The molecule has 1 aliphatic heterocycles. The molecular weight excluding hydrogens is 250 g/mol. The SMILES string of the molecule is COc1ccc(Cl)cc1C1C(N)CS1(=O)=O. The highest BCUT2D eigenvalue weighted by atomic mass is 35.5. The summed E-state index contributed by atoms with van der Waals surface area (Å²) in [5.74, 6) is 0.529. The molecule has 1 saturated heterocycles. The van der Waals surface area contributed by atoms with Crippen LogP contribution in [0.25, 0.3) is 0 Å². The maximum absolute atomic E-state index is 11.6. The molecule has 1 fully saturated rings. The highest BCUT2D eigenvalue weighted by molar-refractivity contribution is 7.93. The number of hydrogen-bond acceptors (Lipinski definition) is 4. The number of halogens is 1. The Balaban J connectivity index is 2.51. The maximum Gasteiger partial charge on any atom is 0.160 e. The van der Waals surface area contributed by atoms with Crippen LogP contribution < -0.4 is 10.5 Å². The van der Waals surface area contributed by atoms with Crippen molar-refractivity contribution in [1.29, 1.82) is 0 Å². The highest BCUT2D eigenvalue weighted by Gasteiger charge is 2.46. The Morgan fingerprint density at radius 2 is 2.19 bits per heavy atom. The van der Waals surface area contributed by atoms with Crippen molar-refractivity contribution in [2.75, 3.05) is 12.9 Å². The molecule has 4 nitrogen and oxygen atoms in total. The van der Waals surface area contributed by atoms with Gasteiger partial charge < -0.3 is 10.5 Å². The van der Waals surface area contributed by atoms with Crippen LogP contribution in [-0.4, -0.2) is 27.3 Å². The van der Waals surface area contributed by atoms with Gasteiger partial charge in [0.15, 0.2) is 9.84 Å². The molecular formula is C10H12ClNO3S. The second kappa shape index (κ2) is 3.91. The average Bonchev–Trinajstić information content (AvgIpc) is 2.16. The molecule has 2 unspecified atom stereocenters. The lowest BCUT2D eigenvalue weighted by molar-refractivity contribution is 0.404. The fourth-order valence-corrected chi connectivity index (χ4v) is 3.91. The van der Waals surface area contributed by atoms with Crippen LogP contribution in [0.5, 0.6) is 5.75 Å². The largest absolute Gasteiger partial charge is 0.496 e. The van der Waals surface area contributed by atoms with E-state index in [9.17, 15) is 8.42 Å². The van der Waals surface area contributed by atoms with Gasteiger partial charge in [-0.15, -0.1) is 0 Å². The fraction of sp³-hybridized carbons (Fsp3) is 0.400. The topological polar surface area (TPSA) is 69.4 Å². The van der Waals surface area contributed by atoms with E-state index >= 15 is 0 Å². The van der Waals surface area contributed by atoms with Gasteiger partial charge in [-0.05, 0) is 18.2 Å². The summed E-state index contributed by atoms with van der Waals surface area (Å²) in [4.78, 5) is 0. The second-order valence-corrected chi connectivity index (χ2v) is 6.40. The lowest BCUT2D eigenvalue weighted by Crippen LogP contribution is -2.50. The Morgan fingerprint density at radius 3 is 2.69 bits per heavy atom. The lowest BCUT2D eigenvalue weighted by atomic mass is 10.0. The van der Waals surface area contributed by atoms with Crippen molar-refractivity contribution in [1.82, 2.24) is 0 Å². The molecule has 16 heavy (non-hydrogen) atoms. The summed E-state index contributed by atoms with van der Waals surface area (Å²) in [5.41, 5.74) is 6.28. The van der Waals surface area contributed by atoms with Gasteiger partial charge in [-0.3, -0.25) is 0 Å². The Hall–Kier alpha value is -0.780. The van der Waals surface area contributed by atoms with E-state index in [1.165, 1.54) is 7.11 Å². The summed E-state index contributed by atoms with van der Waals surface area (Å²) in [7, 11) is -1.65. The van der Waals surface area contributed by atoms with Crippen LogP contribution >= 0.6 is 11.6 Å². The van der Waals surface area contributed by atoms with Gasteiger partial charge in [0.2, 0.25) is 0 Å². The second-order valence-electron chi connectivity index (χ2n) is 3.80. The van der Waals surface area contributed by atoms with E-state index in [0.717, 1.165) is 0 Å². The first kappa shape index (κ1) is 11.7. The van der Waals surface area contributed by atoms with Crippen molar-refractivity contribution in [3.8, 4) is 5.75 Å². The molecule has 1 aromatic carbocycles. The van der Waals surface area contributed by atoms with Gasteiger partial charge in [0.25, 0.3) is 0 Å². The summed E-state index contributed by atoms with van der Waals surface area (Å²) >= 11 is 5.85. The van der Waals surface area contributed by atoms with Crippen LogP contribution in [0, 0.1) is 0 Å². The summed E-state index contributed by atoms with van der Waals surface area (Å²) in [6.07, 6.45) is 0. The van der Waals surface area contributed by atoms with Crippen molar-refractivity contribution < 1.29 is 13.2 Å². The third-order valence-electron chi connectivity index (χ3n) is 2.70. The van der Waals surface area contributed by atoms with Crippen molar-refractivity contribution >= 4 is 21.4 Å². The molecule has 0 aromatic heterocycles. The number of ether oxygens (including phenoxy) is 1. The first-order valence-corrected chi connectivity index (χ1v) is 6.85. The molecule has 0 saturated carbocycles. The van der Waals surface area contributed by atoms with E-state index in [1.54, 1.807) is 18.2 Å². The van der Waals surface area contributed by atoms with Gasteiger partial charge in [0.1, 0.15) is 11.0 Å². The summed E-state index contributed by atoms with van der Waals surface area (Å²) < 4.78 is 28.4. The number of hydrogen-bond donors (Lipinski definition) is 1. The smallest absolute Gasteiger partial charge is 0.160 e. The number of nitrogens with two attached hydrogens (primary N) is 1. The Morgan fingerprint density at radius 1 is 1.50 bits per heavy atom. The van der Waals surface area contributed by atoms with Crippen molar-refractivity contribution in [3.63, 3.8) is 0 Å². The van der Waals surface area contributed by atoms with Gasteiger partial charge in [-0.25, -0.2) is 8.42 Å². The van der Waals surface area contributed by atoms with E-state index in [4.69, 9.17) is 22.1 Å². The predicted molar refractivity (Wildman–Crippen MR) is 62.5 cm³/mol. The average molecular weight is 262 g/mol. The minimum atomic E-state index is -3.14. The van der Waals surface area contributed by atoms with Crippen molar-refractivity contribution in [2.45, 2.75) is 11.3 Å². The van der Waals surface area contributed by atoms with Crippen LogP contribution in [0.2, 0.25) is 5.02 Å². The molecule has 0 aliphatic carbocycles. The lowest BCUT2D eigenvalue weighted by Gasteiger charge is -2.34. The van der Waals surface area contributed by atoms with Crippen molar-refractivity contribution in [3.05, 3.63) is 28.8 Å². The molecule has 6 heteroatoms. The van der Waals surface area contributed by atoms with Gasteiger partial charge in [0, 0.05) is 16.6 Å². The highest BCUT2D eigenvalue weighted by Crippen LogP contribution is 2.41. The van der Waals surface area contributed by atoms with Crippen LogP contribution in [0.4, 0.5) is 0 Å². The molecule has 2 atom stereocenters. The molecule has 2 N–H and O–H groups in total. The van der Waals surface area contributed by atoms with E-state index < -0.39 is 15.1 Å². The molecule has 0 radical (unpaired) electrons. The Bertz CT molecular complexity index is 515. The predicted octanol–water partition coefficient (Wildman–Crippen LogP) is 1.15. The van der Waals surface area contributed by atoms with Crippen LogP contribution in [0.15, 0.2) is 18.2 Å². The molecule has 0 amide bonds. The third-order valence-corrected chi connectivity index (χ3v) is 5.16. The quantitative estimate of drug-likeness (QED) is 0.867. The molecule has 2 rings (SSSR count). The Labute approximate surface area is 99.3 Å². The first-order chi connectivity index (χ1) is 7.45. The van der Waals surface area contributed by atoms with Gasteiger partial charge in [-0.2, -0.15) is 0 Å². The third kappa shape index (κ3) is 1.79. The van der Waals surface area contributed by atoms with E-state index in [-0.39, 0.29) is 11.8 Å². The minimum Gasteiger partial charge on any atom is -0.496 e. The summed E-state index contributed by atoms with van der Waals surface area (Å²) in [6, 6.07) is 4.53. The number of sulfone groups is 1. The molecule has 1 aromatic rings. The monoisotopic (exact) mass is 261 g/mol. The Kier molecular flexibility index (Phi) is 2.86. The van der Waals surface area contributed by atoms with Gasteiger partial charge in [-0.1, -0.05) is 11.6 Å². The zero-order valence-corrected chi connectivity index (χ0v) is 10.3. The molecule has 1 heterocycles. The molecule has 88 valence electrons. The zero-order chi connectivity index (χ0) is 11.9. The maximum atomic E-state index is 11.6. The minimum absolute atomic E-state index is 0.0212. The van der Waals surface area contributed by atoms with E-state index in [2.05, 4.69) is 0 Å². The number of benzene rings is 1. The van der Waals surface area contributed by atoms with Crippen LogP contribution in [0.3, 0.4) is 0 Å². The normalized spacial score (nSPS) is 27.2. The van der Waals surface area contributed by atoms with Crippen LogP contribution in [-0.2, 0) is 9.84 Å². The van der Waals surface area contributed by atoms with Crippen molar-refractivity contribution in [2.24, 2.45) is 5.73 Å². The van der Waals surface area contributed by atoms with E-state index in [0.29, 0.717) is 16.3 Å². The first-order valence-electron chi connectivity index (χ1n) is 4.76. The number of methoxy groups -OCH3 is 1. The standard InChI is InChI=1S/C10H12ClNO3S/c1-15-9-3-2-6(11)4-7(9)10-8(12)5-16(10,13)14/h2-4,8,10H,5,12H2,1H3. The molecule has 0 bridgehead atoms. The summed E-state index contributed by atoms with van der Waals surface area (Å²) in [5, 5.41) is -0.216.